The van der Waals surface area contributed by atoms with Crippen molar-refractivity contribution in [1.29, 1.82) is 0 Å². The summed E-state index contributed by atoms with van der Waals surface area (Å²) in [5, 5.41) is 9.43. The van der Waals surface area contributed by atoms with Crippen molar-refractivity contribution >= 4 is 18.0 Å². The van der Waals surface area contributed by atoms with Crippen LogP contribution in [0.2, 0.25) is 0 Å². The highest BCUT2D eigenvalue weighted by Crippen LogP contribution is 2.29. The van der Waals surface area contributed by atoms with Crippen LogP contribution in [0.3, 0.4) is 0 Å². The first-order valence-electron chi connectivity index (χ1n) is 6.41. The Morgan fingerprint density at radius 2 is 1.74 bits per heavy atom. The van der Waals surface area contributed by atoms with E-state index in [0.717, 1.165) is 12.4 Å². The molecule has 0 aliphatic carbocycles. The number of ketones is 1. The molecule has 0 saturated carbocycles. The summed E-state index contributed by atoms with van der Waals surface area (Å²) >= 11 is 0. The fraction of sp³-hybridized carbons (Fsp3) is 0.643. The number of allylic oxidation sites excluding steroid dienone is 1. The largest absolute Gasteiger partial charge is 0.512 e. The average molecular weight is 269 g/mol. The van der Waals surface area contributed by atoms with Gasteiger partial charge in [0.25, 0.3) is 0 Å². The van der Waals surface area contributed by atoms with E-state index in [9.17, 15) is 19.5 Å². The van der Waals surface area contributed by atoms with Crippen LogP contribution in [0.1, 0.15) is 52.4 Å². The zero-order valence-electron chi connectivity index (χ0n) is 11.6. The Hall–Kier alpha value is -1.65. The van der Waals surface area contributed by atoms with Crippen molar-refractivity contribution < 1.29 is 19.5 Å². The monoisotopic (exact) mass is 269 g/mol. The minimum atomic E-state index is -0.667. The molecule has 0 rings (SSSR count). The van der Waals surface area contributed by atoms with E-state index in [0.29, 0.717) is 32.1 Å². The van der Waals surface area contributed by atoms with Gasteiger partial charge in [-0.1, -0.05) is 13.8 Å². The van der Waals surface area contributed by atoms with Gasteiger partial charge in [-0.15, -0.1) is 0 Å². The summed E-state index contributed by atoms with van der Waals surface area (Å²) in [6, 6.07) is 0. The van der Waals surface area contributed by atoms with E-state index in [2.05, 4.69) is 0 Å². The molecule has 0 unspecified atom stereocenters. The van der Waals surface area contributed by atoms with Crippen molar-refractivity contribution in [3.63, 3.8) is 0 Å². The number of amides is 1. The van der Waals surface area contributed by atoms with Crippen LogP contribution in [0.4, 0.5) is 0 Å². The second-order valence-electron chi connectivity index (χ2n) is 5.45. The number of hydrogen-bond acceptors (Lipinski definition) is 4. The Bertz CT molecular complexity index is 358. The van der Waals surface area contributed by atoms with Crippen LogP contribution in [0.15, 0.2) is 11.8 Å². The lowest BCUT2D eigenvalue weighted by Gasteiger charge is -2.24. The molecule has 0 saturated heterocycles. The number of aldehydes is 1. The summed E-state index contributed by atoms with van der Waals surface area (Å²) in [4.78, 5) is 32.2. The smallest absolute Gasteiger partial charge is 0.244 e. The first-order chi connectivity index (χ1) is 8.76. The van der Waals surface area contributed by atoms with E-state index in [-0.39, 0.29) is 23.4 Å². The molecule has 5 nitrogen and oxygen atoms in total. The van der Waals surface area contributed by atoms with Gasteiger partial charge in [-0.3, -0.25) is 9.59 Å². The van der Waals surface area contributed by atoms with Gasteiger partial charge in [-0.25, -0.2) is 0 Å². The van der Waals surface area contributed by atoms with Crippen molar-refractivity contribution in [2.75, 3.05) is 0 Å². The summed E-state index contributed by atoms with van der Waals surface area (Å²) < 4.78 is 0. The maximum atomic E-state index is 11.5. The third-order valence-corrected chi connectivity index (χ3v) is 2.99. The number of rotatable bonds is 10. The van der Waals surface area contributed by atoms with Crippen molar-refractivity contribution in [3.8, 4) is 0 Å². The zero-order valence-corrected chi connectivity index (χ0v) is 11.6. The van der Waals surface area contributed by atoms with Crippen molar-refractivity contribution in [3.05, 3.63) is 11.8 Å². The number of hydrogen-bond donors (Lipinski definition) is 2. The Morgan fingerprint density at radius 1 is 1.16 bits per heavy atom. The highest BCUT2D eigenvalue weighted by Gasteiger charge is 2.19. The van der Waals surface area contributed by atoms with Gasteiger partial charge in [0.1, 0.15) is 12.1 Å². The molecule has 0 aliphatic heterocycles. The van der Waals surface area contributed by atoms with E-state index in [1.54, 1.807) is 0 Å². The molecule has 0 aromatic carbocycles. The number of nitrogens with two attached hydrogens (primary N) is 1. The highest BCUT2D eigenvalue weighted by molar-refractivity contribution is 5.86. The minimum Gasteiger partial charge on any atom is -0.512 e. The number of Topliss-reactive ketones (excluding diaryl/α,β-unsaturated/α-hetero) is 1. The molecule has 0 spiro atoms. The second-order valence-corrected chi connectivity index (χ2v) is 5.45. The molecule has 0 atom stereocenters. The first-order valence-corrected chi connectivity index (χ1v) is 6.41. The molecule has 3 N–H and O–H groups in total. The van der Waals surface area contributed by atoms with Crippen LogP contribution in [0.5, 0.6) is 0 Å². The molecule has 0 fully saturated rings. The topological polar surface area (TPSA) is 97.5 Å². The number of carbonyl (C=O) groups is 3. The van der Waals surface area contributed by atoms with Crippen LogP contribution >= 0.6 is 0 Å². The Labute approximate surface area is 113 Å². The van der Waals surface area contributed by atoms with Gasteiger partial charge in [0, 0.05) is 31.8 Å². The first kappa shape index (κ1) is 17.4. The van der Waals surface area contributed by atoms with Crippen molar-refractivity contribution in [2.45, 2.75) is 52.4 Å². The number of primary amides is 1. The third-order valence-electron chi connectivity index (χ3n) is 2.99. The normalized spacial score (nSPS) is 12.2. The predicted octanol–water partition coefficient (Wildman–Crippen LogP) is 2.05. The molecular weight excluding hydrogens is 246 g/mol. The van der Waals surface area contributed by atoms with Gasteiger partial charge >= 0.3 is 0 Å². The van der Waals surface area contributed by atoms with Gasteiger partial charge in [0.05, 0.1) is 5.76 Å². The summed E-state index contributed by atoms with van der Waals surface area (Å²) in [7, 11) is 0. The number of aliphatic hydroxyl groups excluding tert-OH is 1. The van der Waals surface area contributed by atoms with Gasteiger partial charge in [0.2, 0.25) is 5.91 Å². The van der Waals surface area contributed by atoms with Crippen LogP contribution in [0.25, 0.3) is 0 Å². The lowest BCUT2D eigenvalue weighted by atomic mass is 9.82. The Morgan fingerprint density at radius 3 is 2.26 bits per heavy atom. The molecule has 0 aromatic rings. The minimum absolute atomic E-state index is 0.0344. The Balaban J connectivity index is 4.07. The maximum Gasteiger partial charge on any atom is 0.244 e. The van der Waals surface area contributed by atoms with Gasteiger partial charge in [-0.05, 0) is 18.3 Å². The van der Waals surface area contributed by atoms with Crippen LogP contribution < -0.4 is 5.73 Å². The molecule has 19 heavy (non-hydrogen) atoms. The lowest BCUT2D eigenvalue weighted by Crippen LogP contribution is -2.15. The quantitative estimate of drug-likeness (QED) is 0.360. The summed E-state index contributed by atoms with van der Waals surface area (Å²) in [6.07, 6.45) is 4.46. The number of carbonyl (C=O) groups excluding carboxylic acids is 3. The average Bonchev–Trinajstić information content (AvgIpc) is 2.31. The van der Waals surface area contributed by atoms with E-state index < -0.39 is 5.91 Å². The summed E-state index contributed by atoms with van der Waals surface area (Å²) in [6.45, 7) is 4.00. The molecule has 108 valence electrons. The molecule has 0 bridgehead atoms. The third kappa shape index (κ3) is 10.00. The maximum absolute atomic E-state index is 11.5. The molecule has 1 amide bonds. The van der Waals surface area contributed by atoms with Gasteiger partial charge < -0.3 is 15.6 Å². The van der Waals surface area contributed by atoms with E-state index in [1.165, 1.54) is 0 Å². The van der Waals surface area contributed by atoms with Gasteiger partial charge in [-0.2, -0.15) is 0 Å². The van der Waals surface area contributed by atoms with Crippen molar-refractivity contribution in [2.24, 2.45) is 11.1 Å². The molecule has 5 heteroatoms. The molecule has 0 radical (unpaired) electrons. The van der Waals surface area contributed by atoms with Crippen molar-refractivity contribution in [1.82, 2.24) is 0 Å². The van der Waals surface area contributed by atoms with Crippen LogP contribution in [-0.2, 0) is 14.4 Å². The fourth-order valence-electron chi connectivity index (χ4n) is 1.65. The van der Waals surface area contributed by atoms with Crippen LogP contribution in [-0.4, -0.2) is 23.1 Å². The summed E-state index contributed by atoms with van der Waals surface area (Å²) in [5.74, 6) is -0.621. The molecule has 0 aliphatic rings. The Kier molecular flexibility index (Phi) is 7.72. The zero-order chi connectivity index (χ0) is 14.9. The fourth-order valence-corrected chi connectivity index (χ4v) is 1.65. The lowest BCUT2D eigenvalue weighted by molar-refractivity contribution is -0.121. The van der Waals surface area contributed by atoms with E-state index >= 15 is 0 Å². The molecule has 0 heterocycles. The highest BCUT2D eigenvalue weighted by atomic mass is 16.3. The molecule has 0 aromatic heterocycles. The van der Waals surface area contributed by atoms with E-state index in [1.807, 2.05) is 13.8 Å². The SMILES string of the molecule is CC(C)(CCC(=O)CCC=O)CC/C(O)=C/C(N)=O. The van der Waals surface area contributed by atoms with Gasteiger partial charge in [0.15, 0.2) is 0 Å². The van der Waals surface area contributed by atoms with Crippen LogP contribution in [0, 0.1) is 5.41 Å². The van der Waals surface area contributed by atoms with E-state index in [4.69, 9.17) is 5.73 Å². The standard InChI is InChI=1S/C14H23NO4/c1-14(2,7-5-11(17)4-3-9-16)8-6-12(18)10-13(15)19/h9-10,18H,3-8H2,1-2H3,(H2,15,19)/b12-10-. The number of aliphatic hydroxyl groups is 1. The molecular formula is C14H23NO4. The summed E-state index contributed by atoms with van der Waals surface area (Å²) in [5.41, 5.74) is 4.81. The second kappa shape index (κ2) is 8.45. The predicted molar refractivity (Wildman–Crippen MR) is 72.5 cm³/mol.